The van der Waals surface area contributed by atoms with Crippen LogP contribution >= 0.6 is 0 Å². The first-order chi connectivity index (χ1) is 11.6. The average Bonchev–Trinajstić information content (AvgIpc) is 2.65. The van der Waals surface area contributed by atoms with Gasteiger partial charge in [0.05, 0.1) is 14.2 Å². The average molecular weight is 336 g/mol. The van der Waals surface area contributed by atoms with Crippen LogP contribution in [0.5, 0.6) is 11.5 Å². The second-order valence-electron chi connectivity index (χ2n) is 6.00. The second-order valence-corrected chi connectivity index (χ2v) is 6.00. The maximum atomic E-state index is 12.4. The number of aryl methyl sites for hydroxylation is 1. The Hall–Kier alpha value is -1.79. The SMILES string of the molecule is COc1ccc(CCCNC(=O)C2(OC)CCNCC2)cc1OC. The minimum absolute atomic E-state index is 0.00110. The van der Waals surface area contributed by atoms with Gasteiger partial charge in [-0.25, -0.2) is 0 Å². The van der Waals surface area contributed by atoms with Gasteiger partial charge in [-0.15, -0.1) is 0 Å². The van der Waals surface area contributed by atoms with Gasteiger partial charge in [0.2, 0.25) is 0 Å². The predicted octanol–water partition coefficient (Wildman–Crippen LogP) is 1.52. The van der Waals surface area contributed by atoms with Gasteiger partial charge in [0.1, 0.15) is 5.60 Å². The van der Waals surface area contributed by atoms with Crippen LogP contribution in [0.4, 0.5) is 0 Å². The van der Waals surface area contributed by atoms with Gasteiger partial charge in [-0.3, -0.25) is 4.79 Å². The molecule has 0 spiro atoms. The number of benzene rings is 1. The molecule has 1 saturated heterocycles. The summed E-state index contributed by atoms with van der Waals surface area (Å²) in [6.07, 6.45) is 3.15. The van der Waals surface area contributed by atoms with Gasteiger partial charge in [0.25, 0.3) is 5.91 Å². The predicted molar refractivity (Wildman–Crippen MR) is 92.7 cm³/mol. The van der Waals surface area contributed by atoms with Crippen LogP contribution in [0.3, 0.4) is 0 Å². The fourth-order valence-corrected chi connectivity index (χ4v) is 3.05. The van der Waals surface area contributed by atoms with Crippen LogP contribution in [0.1, 0.15) is 24.8 Å². The van der Waals surface area contributed by atoms with E-state index in [4.69, 9.17) is 14.2 Å². The lowest BCUT2D eigenvalue weighted by molar-refractivity contribution is -0.146. The molecule has 2 rings (SSSR count). The number of carbonyl (C=O) groups is 1. The van der Waals surface area contributed by atoms with Crippen LogP contribution in [0.25, 0.3) is 0 Å². The van der Waals surface area contributed by atoms with E-state index in [2.05, 4.69) is 10.6 Å². The summed E-state index contributed by atoms with van der Waals surface area (Å²) in [5, 5.41) is 6.27. The lowest BCUT2D eigenvalue weighted by Crippen LogP contribution is -2.54. The number of methoxy groups -OCH3 is 3. The highest BCUT2D eigenvalue weighted by Gasteiger charge is 2.39. The van der Waals surface area contributed by atoms with Crippen LogP contribution < -0.4 is 20.1 Å². The van der Waals surface area contributed by atoms with Gasteiger partial charge in [-0.1, -0.05) is 6.07 Å². The molecule has 1 aromatic rings. The lowest BCUT2D eigenvalue weighted by atomic mass is 9.91. The zero-order chi connectivity index (χ0) is 17.4. The molecule has 6 heteroatoms. The van der Waals surface area contributed by atoms with Crippen molar-refractivity contribution in [3.8, 4) is 11.5 Å². The quantitative estimate of drug-likeness (QED) is 0.705. The standard InChI is InChI=1S/C18H28N2O4/c1-22-15-7-6-14(13-16(15)23-2)5-4-10-20-17(21)18(24-3)8-11-19-12-9-18/h6-7,13,19H,4-5,8-12H2,1-3H3,(H,20,21). The van der Waals surface area contributed by atoms with E-state index in [0.29, 0.717) is 19.4 Å². The number of carbonyl (C=O) groups excluding carboxylic acids is 1. The molecular formula is C18H28N2O4. The summed E-state index contributed by atoms with van der Waals surface area (Å²) >= 11 is 0. The van der Waals surface area contributed by atoms with E-state index in [9.17, 15) is 4.79 Å². The maximum Gasteiger partial charge on any atom is 0.252 e. The molecular weight excluding hydrogens is 308 g/mol. The Balaban J connectivity index is 1.81. The second kappa shape index (κ2) is 8.89. The van der Waals surface area contributed by atoms with E-state index in [1.54, 1.807) is 21.3 Å². The summed E-state index contributed by atoms with van der Waals surface area (Å²) in [7, 11) is 4.87. The lowest BCUT2D eigenvalue weighted by Gasteiger charge is -2.34. The summed E-state index contributed by atoms with van der Waals surface area (Å²) in [4.78, 5) is 12.4. The molecule has 1 aliphatic rings. The minimum atomic E-state index is -0.672. The number of nitrogens with one attached hydrogen (secondary N) is 2. The van der Waals surface area contributed by atoms with Gasteiger partial charge in [0.15, 0.2) is 11.5 Å². The Bertz CT molecular complexity index is 542. The van der Waals surface area contributed by atoms with Gasteiger partial charge < -0.3 is 24.8 Å². The third kappa shape index (κ3) is 4.39. The number of amides is 1. The largest absolute Gasteiger partial charge is 0.493 e. The van der Waals surface area contributed by atoms with E-state index in [1.165, 1.54) is 0 Å². The summed E-state index contributed by atoms with van der Waals surface area (Å²) in [5.74, 6) is 1.45. The highest BCUT2D eigenvalue weighted by atomic mass is 16.5. The van der Waals surface area contributed by atoms with Crippen molar-refractivity contribution >= 4 is 5.91 Å². The molecule has 0 unspecified atom stereocenters. The van der Waals surface area contributed by atoms with Gasteiger partial charge in [0, 0.05) is 13.7 Å². The molecule has 1 aliphatic heterocycles. The molecule has 0 aliphatic carbocycles. The highest BCUT2D eigenvalue weighted by Crippen LogP contribution is 2.28. The van der Waals surface area contributed by atoms with E-state index >= 15 is 0 Å². The molecule has 0 radical (unpaired) electrons. The Morgan fingerprint density at radius 3 is 2.50 bits per heavy atom. The summed E-state index contributed by atoms with van der Waals surface area (Å²) in [5.41, 5.74) is 0.486. The summed E-state index contributed by atoms with van der Waals surface area (Å²) in [6, 6.07) is 5.90. The molecule has 24 heavy (non-hydrogen) atoms. The topological polar surface area (TPSA) is 68.8 Å². The van der Waals surface area contributed by atoms with Gasteiger partial charge >= 0.3 is 0 Å². The molecule has 1 fully saturated rings. The molecule has 2 N–H and O–H groups in total. The van der Waals surface area contributed by atoms with Crippen molar-refractivity contribution in [3.05, 3.63) is 23.8 Å². The van der Waals surface area contributed by atoms with Crippen molar-refractivity contribution in [1.29, 1.82) is 0 Å². The minimum Gasteiger partial charge on any atom is -0.493 e. The molecule has 1 amide bonds. The molecule has 1 heterocycles. The monoisotopic (exact) mass is 336 g/mol. The third-order valence-corrected chi connectivity index (χ3v) is 4.59. The first kappa shape index (κ1) is 18.5. The van der Waals surface area contributed by atoms with Crippen molar-refractivity contribution in [3.63, 3.8) is 0 Å². The van der Waals surface area contributed by atoms with Gasteiger partial charge in [-0.05, 0) is 56.5 Å². The first-order valence-electron chi connectivity index (χ1n) is 8.40. The fourth-order valence-electron chi connectivity index (χ4n) is 3.05. The van der Waals surface area contributed by atoms with E-state index < -0.39 is 5.60 Å². The van der Waals surface area contributed by atoms with E-state index in [0.717, 1.165) is 43.0 Å². The molecule has 0 atom stereocenters. The van der Waals surface area contributed by atoms with Crippen molar-refractivity contribution < 1.29 is 19.0 Å². The van der Waals surface area contributed by atoms with Crippen molar-refractivity contribution in [2.24, 2.45) is 0 Å². The molecule has 0 aromatic heterocycles. The molecule has 0 bridgehead atoms. The summed E-state index contributed by atoms with van der Waals surface area (Å²) < 4.78 is 16.1. The smallest absolute Gasteiger partial charge is 0.252 e. The Morgan fingerprint density at radius 1 is 1.17 bits per heavy atom. The van der Waals surface area contributed by atoms with E-state index in [1.807, 2.05) is 18.2 Å². The zero-order valence-electron chi connectivity index (χ0n) is 14.8. The third-order valence-electron chi connectivity index (χ3n) is 4.59. The van der Waals surface area contributed by atoms with Crippen molar-refractivity contribution in [2.75, 3.05) is 41.0 Å². The Morgan fingerprint density at radius 2 is 1.88 bits per heavy atom. The number of piperidine rings is 1. The molecule has 1 aromatic carbocycles. The molecule has 134 valence electrons. The van der Waals surface area contributed by atoms with Crippen LogP contribution in [0.15, 0.2) is 18.2 Å². The van der Waals surface area contributed by atoms with Crippen molar-refractivity contribution in [2.45, 2.75) is 31.3 Å². The first-order valence-corrected chi connectivity index (χ1v) is 8.40. The van der Waals surface area contributed by atoms with Crippen LogP contribution in [0, 0.1) is 0 Å². The molecule has 6 nitrogen and oxygen atoms in total. The Kier molecular flexibility index (Phi) is 6.87. The normalized spacial score (nSPS) is 16.5. The van der Waals surface area contributed by atoms with Crippen LogP contribution in [0.2, 0.25) is 0 Å². The number of hydrogen-bond donors (Lipinski definition) is 2. The molecule has 0 saturated carbocycles. The Labute approximate surface area is 143 Å². The fraction of sp³-hybridized carbons (Fsp3) is 0.611. The van der Waals surface area contributed by atoms with Crippen LogP contribution in [-0.2, 0) is 16.0 Å². The number of hydrogen-bond acceptors (Lipinski definition) is 5. The van der Waals surface area contributed by atoms with Gasteiger partial charge in [-0.2, -0.15) is 0 Å². The highest BCUT2D eigenvalue weighted by molar-refractivity contribution is 5.85. The summed E-state index contributed by atoms with van der Waals surface area (Å²) in [6.45, 7) is 2.26. The van der Waals surface area contributed by atoms with Crippen molar-refractivity contribution in [1.82, 2.24) is 10.6 Å². The zero-order valence-corrected chi connectivity index (χ0v) is 14.8. The van der Waals surface area contributed by atoms with E-state index in [-0.39, 0.29) is 5.91 Å². The maximum absolute atomic E-state index is 12.4. The van der Waals surface area contributed by atoms with Crippen LogP contribution in [-0.4, -0.2) is 52.5 Å². The number of ether oxygens (including phenoxy) is 3. The number of rotatable bonds is 8.